The summed E-state index contributed by atoms with van der Waals surface area (Å²) in [6, 6.07) is 0. The molecule has 0 N–H and O–H groups in total. The second-order valence-corrected chi connectivity index (χ2v) is 8.73. The highest BCUT2D eigenvalue weighted by molar-refractivity contribution is 6.54. The van der Waals surface area contributed by atoms with Crippen molar-refractivity contribution in [1.82, 2.24) is 0 Å². The standard InChI is InChI=1S/C11H23NOSi/c1-9(2)14(10(3)4)13-12-11-7-5-6-8-11/h9-10,14H,5-8H2,1-4H3. The largest absolute Gasteiger partial charge is 0.458 e. The molecule has 1 aliphatic carbocycles. The highest BCUT2D eigenvalue weighted by Crippen LogP contribution is 2.22. The lowest BCUT2D eigenvalue weighted by Crippen LogP contribution is -2.23. The van der Waals surface area contributed by atoms with E-state index < -0.39 is 9.04 Å². The minimum atomic E-state index is -1.12. The number of nitrogens with zero attached hydrogens (tertiary/aromatic N) is 1. The van der Waals surface area contributed by atoms with Crippen molar-refractivity contribution in [3.63, 3.8) is 0 Å². The fraction of sp³-hybridized carbons (Fsp3) is 0.909. The summed E-state index contributed by atoms with van der Waals surface area (Å²) in [6.45, 7) is 9.02. The Kier molecular flexibility index (Phi) is 4.65. The summed E-state index contributed by atoms with van der Waals surface area (Å²) in [5.74, 6) is 0. The second kappa shape index (κ2) is 5.54. The summed E-state index contributed by atoms with van der Waals surface area (Å²) in [5, 5.41) is 4.34. The van der Waals surface area contributed by atoms with Crippen LogP contribution in [0.15, 0.2) is 5.16 Å². The van der Waals surface area contributed by atoms with Crippen LogP contribution in [0.2, 0.25) is 11.1 Å². The number of hydrogen-bond donors (Lipinski definition) is 0. The van der Waals surface area contributed by atoms with Crippen molar-refractivity contribution in [3.8, 4) is 0 Å². The monoisotopic (exact) mass is 213 g/mol. The normalized spacial score (nSPS) is 17.2. The van der Waals surface area contributed by atoms with Crippen molar-refractivity contribution in [2.45, 2.75) is 64.5 Å². The third-order valence-corrected chi connectivity index (χ3v) is 5.78. The van der Waals surface area contributed by atoms with E-state index in [-0.39, 0.29) is 0 Å². The summed E-state index contributed by atoms with van der Waals surface area (Å²) in [4.78, 5) is 0. The Hall–Kier alpha value is -0.313. The average Bonchev–Trinajstić information content (AvgIpc) is 2.55. The van der Waals surface area contributed by atoms with E-state index >= 15 is 0 Å². The fourth-order valence-corrected chi connectivity index (χ4v) is 4.32. The lowest BCUT2D eigenvalue weighted by Gasteiger charge is -2.20. The molecule has 14 heavy (non-hydrogen) atoms. The summed E-state index contributed by atoms with van der Waals surface area (Å²) >= 11 is 0. The SMILES string of the molecule is CC(C)[SiH](ON=C1CCCC1)C(C)C. The van der Waals surface area contributed by atoms with Crippen LogP contribution < -0.4 is 0 Å². The van der Waals surface area contributed by atoms with Gasteiger partial charge in [0.1, 0.15) is 0 Å². The van der Waals surface area contributed by atoms with Gasteiger partial charge in [0, 0.05) is 0 Å². The van der Waals surface area contributed by atoms with E-state index in [0.29, 0.717) is 11.1 Å². The third kappa shape index (κ3) is 3.44. The zero-order chi connectivity index (χ0) is 10.6. The van der Waals surface area contributed by atoms with Gasteiger partial charge in [0.05, 0.1) is 5.71 Å². The zero-order valence-electron chi connectivity index (χ0n) is 9.92. The van der Waals surface area contributed by atoms with Crippen LogP contribution in [0.3, 0.4) is 0 Å². The average molecular weight is 213 g/mol. The molecule has 0 spiro atoms. The quantitative estimate of drug-likeness (QED) is 0.517. The Morgan fingerprint density at radius 3 is 2.00 bits per heavy atom. The highest BCUT2D eigenvalue weighted by atomic mass is 28.3. The first-order valence-corrected chi connectivity index (χ1v) is 7.63. The van der Waals surface area contributed by atoms with Crippen LogP contribution in [0.4, 0.5) is 0 Å². The van der Waals surface area contributed by atoms with E-state index in [4.69, 9.17) is 4.53 Å². The Bertz CT molecular complexity index is 185. The Balaban J connectivity index is 2.43. The minimum absolute atomic E-state index is 0.681. The Labute approximate surface area is 89.4 Å². The molecule has 1 rings (SSSR count). The van der Waals surface area contributed by atoms with Gasteiger partial charge in [-0.2, -0.15) is 0 Å². The molecule has 0 saturated heterocycles. The summed E-state index contributed by atoms with van der Waals surface area (Å²) in [7, 11) is -1.12. The van der Waals surface area contributed by atoms with Crippen molar-refractivity contribution in [2.24, 2.45) is 5.16 Å². The lowest BCUT2D eigenvalue weighted by atomic mass is 10.3. The first-order chi connectivity index (χ1) is 6.61. The Morgan fingerprint density at radius 2 is 1.57 bits per heavy atom. The maximum atomic E-state index is 5.78. The van der Waals surface area contributed by atoms with E-state index in [1.165, 1.54) is 18.6 Å². The molecule has 0 aromatic rings. The van der Waals surface area contributed by atoms with Crippen LogP contribution >= 0.6 is 0 Å². The van der Waals surface area contributed by atoms with E-state index in [2.05, 4.69) is 32.9 Å². The minimum Gasteiger partial charge on any atom is -0.458 e. The predicted molar refractivity (Wildman–Crippen MR) is 64.3 cm³/mol. The van der Waals surface area contributed by atoms with Gasteiger partial charge in [-0.1, -0.05) is 27.7 Å². The van der Waals surface area contributed by atoms with E-state index in [9.17, 15) is 0 Å². The maximum absolute atomic E-state index is 5.78. The molecule has 3 heteroatoms. The molecular formula is C11H23NOSi. The molecule has 0 unspecified atom stereocenters. The van der Waals surface area contributed by atoms with Crippen molar-refractivity contribution in [1.29, 1.82) is 0 Å². The molecule has 1 aliphatic rings. The number of rotatable bonds is 4. The van der Waals surface area contributed by atoms with Crippen LogP contribution in [-0.4, -0.2) is 14.8 Å². The molecule has 0 radical (unpaired) electrons. The summed E-state index contributed by atoms with van der Waals surface area (Å²) in [5.41, 5.74) is 2.66. The molecular weight excluding hydrogens is 190 g/mol. The van der Waals surface area contributed by atoms with Gasteiger partial charge in [-0.3, -0.25) is 0 Å². The van der Waals surface area contributed by atoms with Crippen molar-refractivity contribution in [2.75, 3.05) is 0 Å². The van der Waals surface area contributed by atoms with Crippen LogP contribution in [0.5, 0.6) is 0 Å². The van der Waals surface area contributed by atoms with Gasteiger partial charge >= 0.3 is 0 Å². The Morgan fingerprint density at radius 1 is 1.07 bits per heavy atom. The van der Waals surface area contributed by atoms with Crippen molar-refractivity contribution >= 4 is 14.8 Å². The molecule has 0 heterocycles. The molecule has 0 aliphatic heterocycles. The molecule has 2 nitrogen and oxygen atoms in total. The molecule has 0 amide bonds. The third-order valence-electron chi connectivity index (χ3n) is 2.80. The van der Waals surface area contributed by atoms with Gasteiger partial charge in [-0.05, 0) is 36.8 Å². The van der Waals surface area contributed by atoms with E-state index in [1.54, 1.807) is 0 Å². The summed E-state index contributed by atoms with van der Waals surface area (Å²) < 4.78 is 5.78. The molecule has 1 fully saturated rings. The highest BCUT2D eigenvalue weighted by Gasteiger charge is 2.23. The van der Waals surface area contributed by atoms with Crippen LogP contribution in [0.25, 0.3) is 0 Å². The van der Waals surface area contributed by atoms with E-state index in [0.717, 1.165) is 12.8 Å². The number of hydrogen-bond acceptors (Lipinski definition) is 2. The first kappa shape index (κ1) is 11.8. The molecule has 0 bridgehead atoms. The predicted octanol–water partition coefficient (Wildman–Crippen LogP) is 3.48. The maximum Gasteiger partial charge on any atom is 0.277 e. The molecule has 0 aromatic heterocycles. The van der Waals surface area contributed by atoms with Gasteiger partial charge in [0.25, 0.3) is 9.04 Å². The van der Waals surface area contributed by atoms with Gasteiger partial charge in [-0.25, -0.2) is 0 Å². The molecule has 0 atom stereocenters. The lowest BCUT2D eigenvalue weighted by molar-refractivity contribution is 0.328. The first-order valence-electron chi connectivity index (χ1n) is 5.83. The van der Waals surface area contributed by atoms with Crippen molar-refractivity contribution in [3.05, 3.63) is 0 Å². The van der Waals surface area contributed by atoms with Crippen LogP contribution in [0, 0.1) is 0 Å². The topological polar surface area (TPSA) is 21.6 Å². The van der Waals surface area contributed by atoms with Gasteiger partial charge in [0.15, 0.2) is 0 Å². The van der Waals surface area contributed by atoms with Crippen LogP contribution in [-0.2, 0) is 4.53 Å². The summed E-state index contributed by atoms with van der Waals surface area (Å²) in [6.07, 6.45) is 4.93. The van der Waals surface area contributed by atoms with Gasteiger partial charge in [-0.15, -0.1) is 5.16 Å². The molecule has 0 aromatic carbocycles. The zero-order valence-corrected chi connectivity index (χ0v) is 11.1. The van der Waals surface area contributed by atoms with Crippen LogP contribution in [0.1, 0.15) is 53.4 Å². The molecule has 82 valence electrons. The van der Waals surface area contributed by atoms with E-state index in [1.807, 2.05) is 0 Å². The molecule has 1 saturated carbocycles. The fourth-order valence-electron chi connectivity index (χ4n) is 2.02. The van der Waals surface area contributed by atoms with Gasteiger partial charge < -0.3 is 4.53 Å². The van der Waals surface area contributed by atoms with Gasteiger partial charge in [0.2, 0.25) is 0 Å². The number of oxime groups is 1. The smallest absolute Gasteiger partial charge is 0.277 e. The van der Waals surface area contributed by atoms with Crippen molar-refractivity contribution < 1.29 is 4.53 Å². The second-order valence-electron chi connectivity index (χ2n) is 4.92.